The maximum atomic E-state index is 12.0. The van der Waals surface area contributed by atoms with Crippen LogP contribution in [0.1, 0.15) is 36.2 Å². The van der Waals surface area contributed by atoms with Crippen molar-refractivity contribution in [1.29, 1.82) is 0 Å². The molecule has 1 aromatic rings. The molecule has 0 aromatic carbocycles. The third-order valence-electron chi connectivity index (χ3n) is 3.30. The normalized spacial score (nSPS) is 16.6. The van der Waals surface area contributed by atoms with E-state index >= 15 is 0 Å². The van der Waals surface area contributed by atoms with E-state index in [1.54, 1.807) is 0 Å². The van der Waals surface area contributed by atoms with Crippen LogP contribution in [0.5, 0.6) is 0 Å². The summed E-state index contributed by atoms with van der Waals surface area (Å²) in [6, 6.07) is -0.824. The molecule has 2 amide bonds. The van der Waals surface area contributed by atoms with E-state index in [1.807, 2.05) is 0 Å². The minimum Gasteiger partial charge on any atom is -0.394 e. The molecule has 1 aliphatic rings. The predicted octanol–water partition coefficient (Wildman–Crippen LogP) is -0.374. The molecule has 0 spiro atoms. The first kappa shape index (κ1) is 14.4. The average Bonchev–Trinajstić information content (AvgIpc) is 2.98. The monoisotopic (exact) mass is 278 g/mol. The summed E-state index contributed by atoms with van der Waals surface area (Å²) in [5.41, 5.74) is 0.111. The topological polar surface area (TPSA) is 104 Å². The van der Waals surface area contributed by atoms with Gasteiger partial charge in [0.05, 0.1) is 12.8 Å². The second-order valence-electron chi connectivity index (χ2n) is 4.79. The highest BCUT2D eigenvalue weighted by Crippen LogP contribution is 2.17. The zero-order valence-electron chi connectivity index (χ0n) is 11.1. The Hall–Kier alpha value is -2.02. The summed E-state index contributed by atoms with van der Waals surface area (Å²) in [6.45, 7) is -0.454. The molecular weight excluding hydrogens is 260 g/mol. The molecule has 7 heteroatoms. The highest BCUT2D eigenvalue weighted by atomic mass is 16.3. The SMILES string of the molecule is O=C(N[C@@H](CO)C(=O)NC1CCCC1)c1cnccn1. The molecule has 0 unspecified atom stereocenters. The lowest BCUT2D eigenvalue weighted by atomic mass is 10.2. The van der Waals surface area contributed by atoms with Gasteiger partial charge in [-0.3, -0.25) is 14.6 Å². The van der Waals surface area contributed by atoms with E-state index < -0.39 is 18.6 Å². The fourth-order valence-corrected chi connectivity index (χ4v) is 2.21. The summed E-state index contributed by atoms with van der Waals surface area (Å²) in [7, 11) is 0. The number of aliphatic hydroxyl groups excluding tert-OH is 1. The largest absolute Gasteiger partial charge is 0.394 e. The second kappa shape index (κ2) is 6.95. The first-order valence-electron chi connectivity index (χ1n) is 6.69. The standard InChI is InChI=1S/C13H18N4O3/c18-8-11(13(20)16-9-3-1-2-4-9)17-12(19)10-7-14-5-6-15-10/h5-7,9,11,18H,1-4,8H2,(H,16,20)(H,17,19)/t11-/m0/s1. The molecule has 0 aliphatic heterocycles. The highest BCUT2D eigenvalue weighted by molar-refractivity contribution is 5.95. The van der Waals surface area contributed by atoms with E-state index in [4.69, 9.17) is 0 Å². The highest BCUT2D eigenvalue weighted by Gasteiger charge is 2.24. The maximum absolute atomic E-state index is 12.0. The Balaban J connectivity index is 1.91. The minimum atomic E-state index is -0.967. The van der Waals surface area contributed by atoms with Gasteiger partial charge in [-0.25, -0.2) is 4.98 Å². The van der Waals surface area contributed by atoms with Gasteiger partial charge < -0.3 is 15.7 Å². The lowest BCUT2D eigenvalue weighted by molar-refractivity contribution is -0.124. The van der Waals surface area contributed by atoms with Crippen LogP contribution < -0.4 is 10.6 Å². The number of aliphatic hydroxyl groups is 1. The van der Waals surface area contributed by atoms with Crippen molar-refractivity contribution >= 4 is 11.8 Å². The lowest BCUT2D eigenvalue weighted by Crippen LogP contribution is -2.51. The Bertz CT molecular complexity index is 460. The molecule has 2 rings (SSSR count). The van der Waals surface area contributed by atoms with Crippen LogP contribution >= 0.6 is 0 Å². The number of hydrogen-bond donors (Lipinski definition) is 3. The molecule has 1 saturated carbocycles. The molecule has 1 heterocycles. The number of nitrogens with zero attached hydrogens (tertiary/aromatic N) is 2. The van der Waals surface area contributed by atoms with E-state index in [2.05, 4.69) is 20.6 Å². The summed E-state index contributed by atoms with van der Waals surface area (Å²) in [5.74, 6) is -0.893. The van der Waals surface area contributed by atoms with Crippen LogP contribution in [0.15, 0.2) is 18.6 Å². The van der Waals surface area contributed by atoms with Gasteiger partial charge >= 0.3 is 0 Å². The van der Waals surface area contributed by atoms with Crippen molar-refractivity contribution < 1.29 is 14.7 Å². The number of hydrogen-bond acceptors (Lipinski definition) is 5. The van der Waals surface area contributed by atoms with Crippen LogP contribution in [0.3, 0.4) is 0 Å². The van der Waals surface area contributed by atoms with Gasteiger partial charge in [-0.1, -0.05) is 12.8 Å². The zero-order chi connectivity index (χ0) is 14.4. The van der Waals surface area contributed by atoms with E-state index in [9.17, 15) is 14.7 Å². The predicted molar refractivity (Wildman–Crippen MR) is 70.8 cm³/mol. The van der Waals surface area contributed by atoms with Gasteiger partial charge in [-0.2, -0.15) is 0 Å². The van der Waals surface area contributed by atoms with Crippen LogP contribution in [0.2, 0.25) is 0 Å². The summed E-state index contributed by atoms with van der Waals surface area (Å²) >= 11 is 0. The molecule has 3 N–H and O–H groups in total. The summed E-state index contributed by atoms with van der Waals surface area (Å²) in [5, 5.41) is 14.5. The van der Waals surface area contributed by atoms with E-state index in [0.29, 0.717) is 0 Å². The third-order valence-corrected chi connectivity index (χ3v) is 3.30. The third kappa shape index (κ3) is 3.74. The van der Waals surface area contributed by atoms with Crippen LogP contribution in [0, 0.1) is 0 Å². The van der Waals surface area contributed by atoms with Gasteiger partial charge in [0.25, 0.3) is 5.91 Å². The van der Waals surface area contributed by atoms with E-state index in [1.165, 1.54) is 18.6 Å². The van der Waals surface area contributed by atoms with Crippen LogP contribution in [0.4, 0.5) is 0 Å². The van der Waals surface area contributed by atoms with Crippen molar-refractivity contribution in [3.05, 3.63) is 24.3 Å². The Morgan fingerprint density at radius 3 is 2.70 bits per heavy atom. The first-order chi connectivity index (χ1) is 9.70. The van der Waals surface area contributed by atoms with Crippen molar-refractivity contribution in [2.24, 2.45) is 0 Å². The fourth-order valence-electron chi connectivity index (χ4n) is 2.21. The number of rotatable bonds is 5. The minimum absolute atomic E-state index is 0.111. The molecule has 7 nitrogen and oxygen atoms in total. The molecular formula is C13H18N4O3. The summed E-state index contributed by atoms with van der Waals surface area (Å²) in [4.78, 5) is 31.4. The van der Waals surface area contributed by atoms with Crippen LogP contribution in [-0.2, 0) is 4.79 Å². The molecule has 1 fully saturated rings. The van der Waals surface area contributed by atoms with Crippen LogP contribution in [-0.4, -0.2) is 45.6 Å². The van der Waals surface area contributed by atoms with Gasteiger partial charge in [0, 0.05) is 18.4 Å². The number of amides is 2. The fraction of sp³-hybridized carbons (Fsp3) is 0.538. The number of nitrogens with one attached hydrogen (secondary N) is 2. The molecule has 0 bridgehead atoms. The van der Waals surface area contributed by atoms with Gasteiger partial charge in [0.15, 0.2) is 0 Å². The molecule has 1 aliphatic carbocycles. The van der Waals surface area contributed by atoms with Gasteiger partial charge in [0.2, 0.25) is 5.91 Å². The first-order valence-corrected chi connectivity index (χ1v) is 6.69. The average molecular weight is 278 g/mol. The van der Waals surface area contributed by atoms with E-state index in [0.717, 1.165) is 25.7 Å². The second-order valence-corrected chi connectivity index (χ2v) is 4.79. The van der Waals surface area contributed by atoms with Crippen molar-refractivity contribution in [2.45, 2.75) is 37.8 Å². The molecule has 1 aromatic heterocycles. The van der Waals surface area contributed by atoms with Crippen molar-refractivity contribution in [2.75, 3.05) is 6.61 Å². The van der Waals surface area contributed by atoms with Crippen molar-refractivity contribution in [3.63, 3.8) is 0 Å². The van der Waals surface area contributed by atoms with Crippen molar-refractivity contribution in [1.82, 2.24) is 20.6 Å². The lowest BCUT2D eigenvalue weighted by Gasteiger charge is -2.19. The van der Waals surface area contributed by atoms with Gasteiger partial charge in [-0.05, 0) is 12.8 Å². The molecule has 108 valence electrons. The van der Waals surface area contributed by atoms with Gasteiger partial charge in [0.1, 0.15) is 11.7 Å². The zero-order valence-corrected chi connectivity index (χ0v) is 11.1. The Morgan fingerprint density at radius 1 is 1.35 bits per heavy atom. The Kier molecular flexibility index (Phi) is 5.00. The Labute approximate surface area is 116 Å². The summed E-state index contributed by atoms with van der Waals surface area (Å²) < 4.78 is 0. The number of aromatic nitrogens is 2. The molecule has 1 atom stereocenters. The van der Waals surface area contributed by atoms with Gasteiger partial charge in [-0.15, -0.1) is 0 Å². The number of carbonyl (C=O) groups is 2. The molecule has 0 saturated heterocycles. The number of carbonyl (C=O) groups excluding carboxylic acids is 2. The maximum Gasteiger partial charge on any atom is 0.272 e. The van der Waals surface area contributed by atoms with Crippen molar-refractivity contribution in [3.8, 4) is 0 Å². The Morgan fingerprint density at radius 2 is 2.10 bits per heavy atom. The molecule has 0 radical (unpaired) electrons. The quantitative estimate of drug-likeness (QED) is 0.681. The van der Waals surface area contributed by atoms with Crippen LogP contribution in [0.25, 0.3) is 0 Å². The summed E-state index contributed by atoms with van der Waals surface area (Å²) in [6.07, 6.45) is 8.23. The van der Waals surface area contributed by atoms with E-state index in [-0.39, 0.29) is 17.6 Å². The smallest absolute Gasteiger partial charge is 0.272 e. The molecule has 20 heavy (non-hydrogen) atoms.